The van der Waals surface area contributed by atoms with E-state index in [1.807, 2.05) is 43.1 Å². The smallest absolute Gasteiger partial charge is 0.244 e. The molecule has 0 bridgehead atoms. The zero-order valence-corrected chi connectivity index (χ0v) is 19.3. The standard InChI is InChI=1S/C20H23N7O3S2/c1-3-21-18(28)15-8-16(32-31-15)24-20-23-14-4-6-27(12-9-22-26(2)10-12)17(14)19(25-20)30-13-5-7-29-11-13/h4,6,8-10,13,15H,3,5,7,11H2,1-2H3,(H,21,28)(H,23,24,25)/t13-,15?/m0/s1. The van der Waals surface area contributed by atoms with Crippen LogP contribution < -0.4 is 15.4 Å². The summed E-state index contributed by atoms with van der Waals surface area (Å²) in [5.41, 5.74) is 2.42. The summed E-state index contributed by atoms with van der Waals surface area (Å²) in [5, 5.41) is 10.9. The van der Waals surface area contributed by atoms with Crippen molar-refractivity contribution >= 4 is 44.5 Å². The maximum Gasteiger partial charge on any atom is 0.244 e. The van der Waals surface area contributed by atoms with Crippen LogP contribution in [0.25, 0.3) is 16.7 Å². The van der Waals surface area contributed by atoms with Crippen molar-refractivity contribution in [3.05, 3.63) is 35.8 Å². The van der Waals surface area contributed by atoms with Crippen LogP contribution in [0.4, 0.5) is 5.95 Å². The highest BCUT2D eigenvalue weighted by atomic mass is 33.1. The second-order valence-electron chi connectivity index (χ2n) is 7.40. The number of hydrogen-bond donors (Lipinski definition) is 2. The number of anilines is 1. The highest BCUT2D eigenvalue weighted by Crippen LogP contribution is 2.42. The molecule has 0 radical (unpaired) electrons. The van der Waals surface area contributed by atoms with Crippen LogP contribution in [0.2, 0.25) is 0 Å². The van der Waals surface area contributed by atoms with E-state index in [-0.39, 0.29) is 17.3 Å². The van der Waals surface area contributed by atoms with Crippen LogP contribution in [0, 0.1) is 0 Å². The molecular weight excluding hydrogens is 450 g/mol. The molecule has 2 aliphatic heterocycles. The molecule has 1 fully saturated rings. The first-order valence-electron chi connectivity index (χ1n) is 10.3. The molecule has 1 amide bonds. The predicted molar refractivity (Wildman–Crippen MR) is 125 cm³/mol. The Labute approximate surface area is 192 Å². The Morgan fingerprint density at radius 3 is 3.06 bits per heavy atom. The molecule has 5 heterocycles. The molecule has 168 valence electrons. The quantitative estimate of drug-likeness (QED) is 0.500. The SMILES string of the molecule is CCNC(=O)C1C=C(Nc2nc(O[C@H]3CCOC3)c3c(ccn3-c3cnn(C)c3)n2)SS1. The molecule has 10 nitrogen and oxygen atoms in total. The van der Waals surface area contributed by atoms with Crippen molar-refractivity contribution in [1.82, 2.24) is 29.6 Å². The van der Waals surface area contributed by atoms with Gasteiger partial charge >= 0.3 is 0 Å². The summed E-state index contributed by atoms with van der Waals surface area (Å²) in [4.78, 5) is 21.5. The Morgan fingerprint density at radius 2 is 2.31 bits per heavy atom. The fourth-order valence-corrected chi connectivity index (χ4v) is 5.85. The molecule has 2 atom stereocenters. The second kappa shape index (κ2) is 9.04. The lowest BCUT2D eigenvalue weighted by molar-refractivity contribution is -0.119. The van der Waals surface area contributed by atoms with Gasteiger partial charge in [-0.1, -0.05) is 10.8 Å². The Bertz CT molecular complexity index is 1170. The first-order chi connectivity index (χ1) is 15.6. The van der Waals surface area contributed by atoms with E-state index in [4.69, 9.17) is 9.47 Å². The first-order valence-corrected chi connectivity index (χ1v) is 12.5. The minimum Gasteiger partial charge on any atom is -0.470 e. The Hall–Kier alpha value is -2.70. The molecule has 0 aliphatic carbocycles. The number of fused-ring (bicyclic) bond motifs is 1. The number of carbonyl (C=O) groups excluding carboxylic acids is 1. The van der Waals surface area contributed by atoms with E-state index in [9.17, 15) is 4.79 Å². The van der Waals surface area contributed by atoms with E-state index in [1.54, 1.807) is 10.9 Å². The van der Waals surface area contributed by atoms with E-state index in [0.29, 0.717) is 31.6 Å². The fraction of sp³-hybridized carbons (Fsp3) is 0.400. The van der Waals surface area contributed by atoms with Crippen LogP contribution in [-0.4, -0.2) is 61.3 Å². The average molecular weight is 474 g/mol. The largest absolute Gasteiger partial charge is 0.470 e. The molecule has 2 N–H and O–H groups in total. The monoisotopic (exact) mass is 473 g/mol. The van der Waals surface area contributed by atoms with Gasteiger partial charge in [-0.3, -0.25) is 9.48 Å². The van der Waals surface area contributed by atoms with E-state index in [1.165, 1.54) is 21.6 Å². The zero-order valence-electron chi connectivity index (χ0n) is 17.6. The van der Waals surface area contributed by atoms with Gasteiger partial charge in [-0.25, -0.2) is 4.98 Å². The van der Waals surface area contributed by atoms with E-state index in [2.05, 4.69) is 25.7 Å². The number of hydrogen-bond acceptors (Lipinski definition) is 9. The molecule has 0 saturated carbocycles. The van der Waals surface area contributed by atoms with Gasteiger partial charge in [0, 0.05) is 32.4 Å². The van der Waals surface area contributed by atoms with Crippen molar-refractivity contribution in [2.24, 2.45) is 7.05 Å². The minimum atomic E-state index is -0.246. The summed E-state index contributed by atoms with van der Waals surface area (Å²) in [5.74, 6) is 0.904. The van der Waals surface area contributed by atoms with Gasteiger partial charge in [-0.2, -0.15) is 10.1 Å². The van der Waals surface area contributed by atoms with Crippen molar-refractivity contribution in [2.45, 2.75) is 24.7 Å². The van der Waals surface area contributed by atoms with Crippen LogP contribution in [0.5, 0.6) is 5.88 Å². The van der Waals surface area contributed by atoms with Crippen molar-refractivity contribution in [3.63, 3.8) is 0 Å². The molecule has 3 aromatic heterocycles. The molecule has 1 saturated heterocycles. The fourth-order valence-electron chi connectivity index (χ4n) is 3.53. The number of rotatable bonds is 7. The lowest BCUT2D eigenvalue weighted by Gasteiger charge is -2.15. The van der Waals surface area contributed by atoms with Gasteiger partial charge in [-0.05, 0) is 29.9 Å². The van der Waals surface area contributed by atoms with E-state index < -0.39 is 0 Å². The van der Waals surface area contributed by atoms with Gasteiger partial charge in [0.1, 0.15) is 16.9 Å². The first kappa shape index (κ1) is 21.2. The summed E-state index contributed by atoms with van der Waals surface area (Å²) in [6, 6.07) is 1.93. The van der Waals surface area contributed by atoms with Crippen LogP contribution in [-0.2, 0) is 16.6 Å². The Balaban J connectivity index is 1.48. The third-order valence-corrected chi connectivity index (χ3v) is 7.55. The molecule has 12 heteroatoms. The van der Waals surface area contributed by atoms with Crippen LogP contribution >= 0.6 is 21.6 Å². The van der Waals surface area contributed by atoms with Crippen molar-refractivity contribution in [3.8, 4) is 11.6 Å². The van der Waals surface area contributed by atoms with Crippen LogP contribution in [0.15, 0.2) is 35.8 Å². The Morgan fingerprint density at radius 1 is 1.41 bits per heavy atom. The van der Waals surface area contributed by atoms with Crippen LogP contribution in [0.3, 0.4) is 0 Å². The number of carbonyl (C=O) groups is 1. The molecule has 2 aliphatic rings. The molecule has 0 spiro atoms. The second-order valence-corrected chi connectivity index (χ2v) is 9.78. The summed E-state index contributed by atoms with van der Waals surface area (Å²) in [6.07, 6.45) is 8.28. The molecule has 0 aromatic carbocycles. The third kappa shape index (κ3) is 4.30. The topological polar surface area (TPSA) is 108 Å². The Kier molecular flexibility index (Phi) is 5.98. The summed E-state index contributed by atoms with van der Waals surface area (Å²) in [7, 11) is 4.86. The van der Waals surface area contributed by atoms with Crippen LogP contribution in [0.1, 0.15) is 13.3 Å². The molecule has 1 unspecified atom stereocenters. The van der Waals surface area contributed by atoms with E-state index >= 15 is 0 Å². The number of aryl methyl sites for hydroxylation is 1. The number of aromatic nitrogens is 5. The number of ether oxygens (including phenoxy) is 2. The van der Waals surface area contributed by atoms with Gasteiger partial charge in [0.05, 0.1) is 35.6 Å². The van der Waals surface area contributed by atoms with Crippen molar-refractivity contribution in [2.75, 3.05) is 25.1 Å². The molecule has 5 rings (SSSR count). The lowest BCUT2D eigenvalue weighted by Crippen LogP contribution is -2.30. The lowest BCUT2D eigenvalue weighted by atomic mass is 10.3. The minimum absolute atomic E-state index is 0.00280. The average Bonchev–Trinajstić information content (AvgIpc) is 3.55. The molecule has 32 heavy (non-hydrogen) atoms. The highest BCUT2D eigenvalue weighted by molar-refractivity contribution is 8.79. The zero-order chi connectivity index (χ0) is 22.1. The van der Waals surface area contributed by atoms with Gasteiger partial charge in [0.2, 0.25) is 17.7 Å². The predicted octanol–water partition coefficient (Wildman–Crippen LogP) is 2.47. The summed E-state index contributed by atoms with van der Waals surface area (Å²) in [6.45, 7) is 3.73. The number of nitrogens with zero attached hydrogens (tertiary/aromatic N) is 5. The van der Waals surface area contributed by atoms with Gasteiger partial charge in [0.25, 0.3) is 0 Å². The third-order valence-electron chi connectivity index (χ3n) is 5.03. The molecular formula is C20H23N7O3S2. The number of amides is 1. The van der Waals surface area contributed by atoms with Gasteiger partial charge < -0.3 is 24.7 Å². The van der Waals surface area contributed by atoms with Gasteiger partial charge in [0.15, 0.2) is 0 Å². The van der Waals surface area contributed by atoms with Crippen molar-refractivity contribution < 1.29 is 14.3 Å². The van der Waals surface area contributed by atoms with E-state index in [0.717, 1.165) is 28.2 Å². The maximum absolute atomic E-state index is 12.1. The normalized spacial score (nSPS) is 20.5. The highest BCUT2D eigenvalue weighted by Gasteiger charge is 2.26. The molecule has 3 aromatic rings. The number of nitrogens with one attached hydrogen (secondary N) is 2. The summed E-state index contributed by atoms with van der Waals surface area (Å²) >= 11 is 0. The summed E-state index contributed by atoms with van der Waals surface area (Å²) < 4.78 is 15.4. The van der Waals surface area contributed by atoms with Gasteiger partial charge in [-0.15, -0.1) is 0 Å². The van der Waals surface area contributed by atoms with Crippen molar-refractivity contribution in [1.29, 1.82) is 0 Å². The maximum atomic E-state index is 12.1.